The van der Waals surface area contributed by atoms with Gasteiger partial charge in [-0.3, -0.25) is 4.79 Å². The first-order valence-corrected chi connectivity index (χ1v) is 6.27. The van der Waals surface area contributed by atoms with Gasteiger partial charge in [-0.05, 0) is 30.3 Å². The van der Waals surface area contributed by atoms with Gasteiger partial charge >= 0.3 is 6.03 Å². The van der Waals surface area contributed by atoms with E-state index in [1.54, 1.807) is 12.1 Å². The first-order valence-electron chi connectivity index (χ1n) is 5.89. The van der Waals surface area contributed by atoms with Crippen LogP contribution in [0, 0.1) is 5.82 Å². The molecule has 2 aromatic carbocycles. The Labute approximate surface area is 124 Å². The number of rotatable bonds is 3. The van der Waals surface area contributed by atoms with Crippen molar-refractivity contribution in [3.63, 3.8) is 0 Å². The zero-order valence-electron chi connectivity index (χ0n) is 10.7. The number of benzene rings is 2. The fraction of sp³-hybridized carbons (Fsp3) is 0. The fourth-order valence-electron chi connectivity index (χ4n) is 1.67. The highest BCUT2D eigenvalue weighted by Gasteiger charge is 2.11. The average Bonchev–Trinajstić information content (AvgIpc) is 2.42. The molecule has 5 nitrogen and oxygen atoms in total. The van der Waals surface area contributed by atoms with E-state index in [2.05, 4.69) is 10.6 Å². The van der Waals surface area contributed by atoms with Gasteiger partial charge in [0.25, 0.3) is 5.91 Å². The Kier molecular flexibility index (Phi) is 4.39. The Hall–Kier alpha value is -2.60. The maximum atomic E-state index is 13.6. The van der Waals surface area contributed by atoms with E-state index in [0.29, 0.717) is 0 Å². The van der Waals surface area contributed by atoms with Gasteiger partial charge < -0.3 is 16.4 Å². The average molecular weight is 308 g/mol. The molecule has 0 bridgehead atoms. The van der Waals surface area contributed by atoms with Crippen LogP contribution in [-0.4, -0.2) is 11.9 Å². The van der Waals surface area contributed by atoms with Gasteiger partial charge in [-0.15, -0.1) is 0 Å². The highest BCUT2D eigenvalue weighted by Crippen LogP contribution is 2.20. The minimum atomic E-state index is -0.704. The monoisotopic (exact) mass is 307 g/mol. The van der Waals surface area contributed by atoms with Crippen LogP contribution in [0.5, 0.6) is 0 Å². The number of nitrogens with two attached hydrogens (primary N) is 1. The van der Waals surface area contributed by atoms with Crippen LogP contribution < -0.4 is 16.4 Å². The van der Waals surface area contributed by atoms with E-state index < -0.39 is 17.8 Å². The lowest BCUT2D eigenvalue weighted by Crippen LogP contribution is -2.22. The second-order valence-corrected chi connectivity index (χ2v) is 4.55. The highest BCUT2D eigenvalue weighted by molar-refractivity contribution is 6.30. The SMILES string of the molecule is NC(=O)c1ccccc1NC(=O)Nc1ccc(Cl)cc1F. The number of carbonyl (C=O) groups is 2. The number of anilines is 2. The Morgan fingerprint density at radius 3 is 2.38 bits per heavy atom. The van der Waals surface area contributed by atoms with E-state index in [1.165, 1.54) is 24.3 Å². The Bertz CT molecular complexity index is 706. The van der Waals surface area contributed by atoms with Gasteiger partial charge in [0.2, 0.25) is 0 Å². The summed E-state index contributed by atoms with van der Waals surface area (Å²) >= 11 is 5.62. The van der Waals surface area contributed by atoms with Crippen LogP contribution >= 0.6 is 11.6 Å². The number of urea groups is 1. The van der Waals surface area contributed by atoms with Gasteiger partial charge in [-0.25, -0.2) is 9.18 Å². The van der Waals surface area contributed by atoms with E-state index in [9.17, 15) is 14.0 Å². The van der Waals surface area contributed by atoms with Crippen LogP contribution in [0.15, 0.2) is 42.5 Å². The minimum Gasteiger partial charge on any atom is -0.366 e. The van der Waals surface area contributed by atoms with Crippen LogP contribution in [-0.2, 0) is 0 Å². The molecular weight excluding hydrogens is 297 g/mol. The Morgan fingerprint density at radius 1 is 1.05 bits per heavy atom. The zero-order valence-corrected chi connectivity index (χ0v) is 11.4. The van der Waals surface area contributed by atoms with Gasteiger partial charge in [0.05, 0.1) is 16.9 Å². The topological polar surface area (TPSA) is 84.2 Å². The van der Waals surface area contributed by atoms with Crippen molar-refractivity contribution in [3.05, 3.63) is 58.9 Å². The van der Waals surface area contributed by atoms with Crippen molar-refractivity contribution in [3.8, 4) is 0 Å². The first kappa shape index (κ1) is 14.8. The fourth-order valence-corrected chi connectivity index (χ4v) is 1.83. The van der Waals surface area contributed by atoms with E-state index >= 15 is 0 Å². The molecule has 0 radical (unpaired) electrons. The summed E-state index contributed by atoms with van der Waals surface area (Å²) < 4.78 is 13.6. The molecule has 0 aliphatic carbocycles. The summed E-state index contributed by atoms with van der Waals surface area (Å²) in [6, 6.07) is 9.37. The van der Waals surface area contributed by atoms with Crippen LogP contribution in [0.3, 0.4) is 0 Å². The largest absolute Gasteiger partial charge is 0.366 e. The number of primary amides is 1. The minimum absolute atomic E-state index is 0.0338. The van der Waals surface area contributed by atoms with Gasteiger partial charge in [-0.1, -0.05) is 23.7 Å². The van der Waals surface area contributed by atoms with Crippen molar-refractivity contribution in [2.75, 3.05) is 10.6 Å². The van der Waals surface area contributed by atoms with Crippen molar-refractivity contribution >= 4 is 34.9 Å². The molecular formula is C14H11ClFN3O2. The normalized spacial score (nSPS) is 10.0. The lowest BCUT2D eigenvalue weighted by molar-refractivity contribution is 0.100. The van der Waals surface area contributed by atoms with Gasteiger partial charge in [0.15, 0.2) is 0 Å². The Morgan fingerprint density at radius 2 is 1.71 bits per heavy atom. The third kappa shape index (κ3) is 3.70. The van der Waals surface area contributed by atoms with Crippen LogP contribution in [0.1, 0.15) is 10.4 Å². The summed E-state index contributed by atoms with van der Waals surface area (Å²) in [6.45, 7) is 0. The third-order valence-electron chi connectivity index (χ3n) is 2.62. The maximum Gasteiger partial charge on any atom is 0.323 e. The lowest BCUT2D eigenvalue weighted by Gasteiger charge is -2.10. The molecule has 0 spiro atoms. The number of hydrogen-bond acceptors (Lipinski definition) is 2. The summed E-state index contributed by atoms with van der Waals surface area (Å²) in [5.74, 6) is -1.34. The number of hydrogen-bond donors (Lipinski definition) is 3. The molecule has 4 N–H and O–H groups in total. The number of carbonyl (C=O) groups excluding carboxylic acids is 2. The van der Waals surface area contributed by atoms with E-state index in [4.69, 9.17) is 17.3 Å². The third-order valence-corrected chi connectivity index (χ3v) is 2.86. The molecule has 0 aliphatic rings. The lowest BCUT2D eigenvalue weighted by atomic mass is 10.1. The van der Waals surface area contributed by atoms with Crippen molar-refractivity contribution in [1.29, 1.82) is 0 Å². The zero-order chi connectivity index (χ0) is 15.4. The Balaban J connectivity index is 2.14. The van der Waals surface area contributed by atoms with E-state index in [-0.39, 0.29) is 22.0 Å². The molecule has 0 saturated carbocycles. The molecule has 0 heterocycles. The molecule has 0 aliphatic heterocycles. The molecule has 0 fully saturated rings. The number of amides is 3. The van der Waals surface area contributed by atoms with Crippen LogP contribution in [0.25, 0.3) is 0 Å². The molecule has 3 amide bonds. The molecule has 0 unspecified atom stereocenters. The van der Waals surface area contributed by atoms with Crippen molar-refractivity contribution in [2.45, 2.75) is 0 Å². The molecule has 2 rings (SSSR count). The quantitative estimate of drug-likeness (QED) is 0.813. The predicted molar refractivity (Wildman–Crippen MR) is 79.0 cm³/mol. The molecule has 0 saturated heterocycles. The second-order valence-electron chi connectivity index (χ2n) is 4.11. The molecule has 0 aromatic heterocycles. The smallest absolute Gasteiger partial charge is 0.323 e. The predicted octanol–water partition coefficient (Wildman–Crippen LogP) is 3.22. The molecule has 7 heteroatoms. The maximum absolute atomic E-state index is 13.6. The molecule has 0 atom stereocenters. The summed E-state index contributed by atoms with van der Waals surface area (Å²) in [5.41, 5.74) is 5.55. The van der Waals surface area contributed by atoms with Gasteiger partial charge in [0.1, 0.15) is 5.82 Å². The van der Waals surface area contributed by atoms with Crippen LogP contribution in [0.2, 0.25) is 5.02 Å². The summed E-state index contributed by atoms with van der Waals surface area (Å²) in [7, 11) is 0. The molecule has 21 heavy (non-hydrogen) atoms. The standard InChI is InChI=1S/C14H11ClFN3O2/c15-8-5-6-12(10(16)7-8)19-14(21)18-11-4-2-1-3-9(11)13(17)20/h1-7H,(H2,17,20)(H2,18,19,21). The van der Waals surface area contributed by atoms with Crippen molar-refractivity contribution in [1.82, 2.24) is 0 Å². The number of nitrogens with one attached hydrogen (secondary N) is 2. The molecule has 108 valence electrons. The van der Waals surface area contributed by atoms with Crippen LogP contribution in [0.4, 0.5) is 20.6 Å². The summed E-state index contributed by atoms with van der Waals surface area (Å²) in [5, 5.41) is 4.97. The summed E-state index contributed by atoms with van der Waals surface area (Å²) in [6.07, 6.45) is 0. The van der Waals surface area contributed by atoms with Gasteiger partial charge in [0, 0.05) is 5.02 Å². The van der Waals surface area contributed by atoms with Crippen molar-refractivity contribution in [2.24, 2.45) is 5.73 Å². The number of para-hydroxylation sites is 1. The number of halogens is 2. The highest BCUT2D eigenvalue weighted by atomic mass is 35.5. The first-order chi connectivity index (χ1) is 9.97. The van der Waals surface area contributed by atoms with E-state index in [1.807, 2.05) is 0 Å². The van der Waals surface area contributed by atoms with E-state index in [0.717, 1.165) is 6.07 Å². The molecule has 2 aromatic rings. The second kappa shape index (κ2) is 6.23. The van der Waals surface area contributed by atoms with Gasteiger partial charge in [-0.2, -0.15) is 0 Å². The van der Waals surface area contributed by atoms with Crippen molar-refractivity contribution < 1.29 is 14.0 Å². The summed E-state index contributed by atoms with van der Waals surface area (Å²) in [4.78, 5) is 23.0.